The molecule has 0 aliphatic heterocycles. The summed E-state index contributed by atoms with van der Waals surface area (Å²) in [5.74, 6) is -0.648. The summed E-state index contributed by atoms with van der Waals surface area (Å²) in [5, 5.41) is 5.49. The Morgan fingerprint density at radius 1 is 0.818 bits per heavy atom. The molecule has 0 aromatic heterocycles. The van der Waals surface area contributed by atoms with Crippen molar-refractivity contribution in [3.63, 3.8) is 0 Å². The third-order valence-electron chi connectivity index (χ3n) is 3.32. The molecule has 114 valence electrons. The number of aryl methyl sites for hydroxylation is 3. The molecule has 0 spiro atoms. The lowest BCUT2D eigenvalue weighted by molar-refractivity contribution is -0.123. The fourth-order valence-corrected chi connectivity index (χ4v) is 2.05. The van der Waals surface area contributed by atoms with Gasteiger partial charge in [0.25, 0.3) is 0 Å². The SMILES string of the molecule is Cc1ccc(NC(=O)CC(=O)Nc2cc(C)ccc2C)cc1. The van der Waals surface area contributed by atoms with Gasteiger partial charge in [-0.3, -0.25) is 9.59 Å². The standard InChI is InChI=1S/C18H20N2O2/c1-12-5-8-15(9-6-12)19-17(21)11-18(22)20-16-10-13(2)4-7-14(16)3/h4-10H,11H2,1-3H3,(H,19,21)(H,20,22). The van der Waals surface area contributed by atoms with Gasteiger partial charge < -0.3 is 10.6 Å². The van der Waals surface area contributed by atoms with E-state index in [4.69, 9.17) is 0 Å². The first kappa shape index (κ1) is 15.8. The molecule has 2 aromatic carbocycles. The smallest absolute Gasteiger partial charge is 0.233 e. The summed E-state index contributed by atoms with van der Waals surface area (Å²) in [6.45, 7) is 5.85. The molecule has 2 aromatic rings. The van der Waals surface area contributed by atoms with Crippen molar-refractivity contribution in [2.24, 2.45) is 0 Å². The number of carbonyl (C=O) groups excluding carboxylic acids is 2. The van der Waals surface area contributed by atoms with Crippen LogP contribution in [0, 0.1) is 20.8 Å². The Bertz CT molecular complexity index is 691. The molecule has 2 N–H and O–H groups in total. The summed E-state index contributed by atoms with van der Waals surface area (Å²) < 4.78 is 0. The highest BCUT2D eigenvalue weighted by atomic mass is 16.2. The van der Waals surface area contributed by atoms with E-state index in [-0.39, 0.29) is 18.2 Å². The molecule has 0 radical (unpaired) electrons. The van der Waals surface area contributed by atoms with Gasteiger partial charge in [-0.25, -0.2) is 0 Å². The first-order valence-electron chi connectivity index (χ1n) is 7.17. The van der Waals surface area contributed by atoms with Gasteiger partial charge in [-0.05, 0) is 50.1 Å². The summed E-state index contributed by atoms with van der Waals surface area (Å²) in [6, 6.07) is 13.3. The number of rotatable bonds is 4. The maximum atomic E-state index is 12.0. The average molecular weight is 296 g/mol. The highest BCUT2D eigenvalue weighted by Crippen LogP contribution is 2.16. The van der Waals surface area contributed by atoms with E-state index >= 15 is 0 Å². The van der Waals surface area contributed by atoms with Crippen LogP contribution in [0.5, 0.6) is 0 Å². The number of hydrogen-bond donors (Lipinski definition) is 2. The highest BCUT2D eigenvalue weighted by Gasteiger charge is 2.11. The Morgan fingerprint density at radius 2 is 1.41 bits per heavy atom. The number of nitrogens with one attached hydrogen (secondary N) is 2. The molecule has 0 saturated carbocycles. The molecule has 0 aliphatic carbocycles. The summed E-state index contributed by atoms with van der Waals surface area (Å²) >= 11 is 0. The Balaban J connectivity index is 1.92. The average Bonchev–Trinajstić information content (AvgIpc) is 2.45. The third-order valence-corrected chi connectivity index (χ3v) is 3.32. The van der Waals surface area contributed by atoms with Crippen LogP contribution in [-0.4, -0.2) is 11.8 Å². The van der Waals surface area contributed by atoms with Crippen LogP contribution in [0.25, 0.3) is 0 Å². The molecule has 0 heterocycles. The van der Waals surface area contributed by atoms with E-state index < -0.39 is 0 Å². The van der Waals surface area contributed by atoms with Crippen molar-refractivity contribution in [2.75, 3.05) is 10.6 Å². The Labute approximate surface area is 130 Å². The molecular formula is C18H20N2O2. The van der Waals surface area contributed by atoms with E-state index in [9.17, 15) is 9.59 Å². The molecule has 0 saturated heterocycles. The zero-order chi connectivity index (χ0) is 16.1. The van der Waals surface area contributed by atoms with Crippen LogP contribution in [0.3, 0.4) is 0 Å². The number of carbonyl (C=O) groups is 2. The van der Waals surface area contributed by atoms with Gasteiger partial charge in [0.2, 0.25) is 11.8 Å². The highest BCUT2D eigenvalue weighted by molar-refractivity contribution is 6.08. The van der Waals surface area contributed by atoms with Crippen LogP contribution in [0.4, 0.5) is 11.4 Å². The van der Waals surface area contributed by atoms with Crippen molar-refractivity contribution >= 4 is 23.2 Å². The van der Waals surface area contributed by atoms with Crippen molar-refractivity contribution in [1.29, 1.82) is 0 Å². The maximum absolute atomic E-state index is 12.0. The van der Waals surface area contributed by atoms with Crippen molar-refractivity contribution in [2.45, 2.75) is 27.2 Å². The second kappa shape index (κ2) is 6.89. The van der Waals surface area contributed by atoms with Crippen LogP contribution >= 0.6 is 0 Å². The minimum atomic E-state index is -0.327. The lowest BCUT2D eigenvalue weighted by Crippen LogP contribution is -2.21. The summed E-state index contributed by atoms with van der Waals surface area (Å²) in [6.07, 6.45) is -0.207. The molecule has 4 heteroatoms. The van der Waals surface area contributed by atoms with Gasteiger partial charge >= 0.3 is 0 Å². The van der Waals surface area contributed by atoms with Gasteiger partial charge in [0, 0.05) is 11.4 Å². The number of amides is 2. The van der Waals surface area contributed by atoms with Crippen molar-refractivity contribution in [3.8, 4) is 0 Å². The fraction of sp³-hybridized carbons (Fsp3) is 0.222. The second-order valence-corrected chi connectivity index (χ2v) is 5.46. The van der Waals surface area contributed by atoms with Crippen LogP contribution in [0.15, 0.2) is 42.5 Å². The zero-order valence-corrected chi connectivity index (χ0v) is 13.1. The first-order chi connectivity index (χ1) is 10.4. The topological polar surface area (TPSA) is 58.2 Å². The monoisotopic (exact) mass is 296 g/mol. The molecule has 0 aliphatic rings. The third kappa shape index (κ3) is 4.45. The molecule has 0 unspecified atom stereocenters. The lowest BCUT2D eigenvalue weighted by Gasteiger charge is -2.10. The minimum Gasteiger partial charge on any atom is -0.326 e. The molecular weight excluding hydrogens is 276 g/mol. The molecule has 2 rings (SSSR count). The summed E-state index contributed by atoms with van der Waals surface area (Å²) in [4.78, 5) is 23.8. The first-order valence-corrected chi connectivity index (χ1v) is 7.17. The maximum Gasteiger partial charge on any atom is 0.233 e. The van der Waals surface area contributed by atoms with Crippen LogP contribution in [-0.2, 0) is 9.59 Å². The molecule has 0 fully saturated rings. The Kier molecular flexibility index (Phi) is 4.94. The second-order valence-electron chi connectivity index (χ2n) is 5.46. The summed E-state index contributed by atoms with van der Waals surface area (Å²) in [5.41, 5.74) is 4.58. The molecule has 4 nitrogen and oxygen atoms in total. The molecule has 2 amide bonds. The van der Waals surface area contributed by atoms with E-state index in [2.05, 4.69) is 10.6 Å². The van der Waals surface area contributed by atoms with Gasteiger partial charge in [-0.15, -0.1) is 0 Å². The van der Waals surface area contributed by atoms with Crippen LogP contribution < -0.4 is 10.6 Å². The van der Waals surface area contributed by atoms with E-state index in [1.165, 1.54) is 0 Å². The van der Waals surface area contributed by atoms with Crippen molar-refractivity contribution in [1.82, 2.24) is 0 Å². The van der Waals surface area contributed by atoms with E-state index in [0.717, 1.165) is 22.4 Å². The van der Waals surface area contributed by atoms with Crippen molar-refractivity contribution in [3.05, 3.63) is 59.2 Å². The quantitative estimate of drug-likeness (QED) is 0.847. The predicted octanol–water partition coefficient (Wildman–Crippen LogP) is 3.58. The number of anilines is 2. The van der Waals surface area contributed by atoms with Gasteiger partial charge in [0.05, 0.1) is 0 Å². The summed E-state index contributed by atoms with van der Waals surface area (Å²) in [7, 11) is 0. The van der Waals surface area contributed by atoms with Crippen LogP contribution in [0.1, 0.15) is 23.1 Å². The molecule has 22 heavy (non-hydrogen) atoms. The van der Waals surface area contributed by atoms with E-state index in [1.807, 2.05) is 63.2 Å². The Hall–Kier alpha value is -2.62. The fourth-order valence-electron chi connectivity index (χ4n) is 2.05. The van der Waals surface area contributed by atoms with Gasteiger partial charge in [-0.2, -0.15) is 0 Å². The molecule has 0 bridgehead atoms. The molecule has 0 atom stereocenters. The lowest BCUT2D eigenvalue weighted by atomic mass is 10.1. The van der Waals surface area contributed by atoms with Gasteiger partial charge in [-0.1, -0.05) is 29.8 Å². The minimum absolute atomic E-state index is 0.207. The number of benzene rings is 2. The van der Waals surface area contributed by atoms with Crippen LogP contribution in [0.2, 0.25) is 0 Å². The number of hydrogen-bond acceptors (Lipinski definition) is 2. The van der Waals surface area contributed by atoms with E-state index in [1.54, 1.807) is 0 Å². The largest absolute Gasteiger partial charge is 0.326 e. The Morgan fingerprint density at radius 3 is 2.09 bits per heavy atom. The normalized spacial score (nSPS) is 10.1. The van der Waals surface area contributed by atoms with Gasteiger partial charge in [0.1, 0.15) is 6.42 Å². The predicted molar refractivity (Wildman–Crippen MR) is 89.0 cm³/mol. The van der Waals surface area contributed by atoms with E-state index in [0.29, 0.717) is 5.69 Å². The van der Waals surface area contributed by atoms with Crippen molar-refractivity contribution < 1.29 is 9.59 Å². The zero-order valence-electron chi connectivity index (χ0n) is 13.1. The van der Waals surface area contributed by atoms with Gasteiger partial charge in [0.15, 0.2) is 0 Å².